The number of hydrogen-bond acceptors (Lipinski definition) is 3. The van der Waals surface area contributed by atoms with Crippen LogP contribution in [0.1, 0.15) is 44.7 Å². The number of pyridine rings is 1. The fourth-order valence-electron chi connectivity index (χ4n) is 2.25. The van der Waals surface area contributed by atoms with Crippen LogP contribution >= 0.6 is 0 Å². The molecule has 1 aromatic rings. The molecule has 17 heavy (non-hydrogen) atoms. The number of methoxy groups -OCH3 is 1. The zero-order valence-electron chi connectivity index (χ0n) is 11.0. The maximum atomic E-state index is 5.25. The summed E-state index contributed by atoms with van der Waals surface area (Å²) in [4.78, 5) is 4.26. The molecule has 0 spiro atoms. The van der Waals surface area contributed by atoms with Crippen LogP contribution in [-0.4, -0.2) is 18.6 Å². The van der Waals surface area contributed by atoms with E-state index in [4.69, 9.17) is 4.74 Å². The molecule has 0 bridgehead atoms. The molecule has 1 unspecified atom stereocenters. The number of ether oxygens (including phenoxy) is 1. The van der Waals surface area contributed by atoms with Gasteiger partial charge in [0.2, 0.25) is 0 Å². The summed E-state index contributed by atoms with van der Waals surface area (Å²) in [5.41, 5.74) is 1.65. The normalized spacial score (nSPS) is 18.8. The van der Waals surface area contributed by atoms with Gasteiger partial charge in [-0.3, -0.25) is 4.98 Å². The second-order valence-electron chi connectivity index (χ2n) is 5.20. The Morgan fingerprint density at radius 2 is 2.24 bits per heavy atom. The van der Waals surface area contributed by atoms with Crippen LogP contribution in [0.4, 0.5) is 0 Å². The Kier molecular flexibility index (Phi) is 3.67. The predicted octanol–water partition coefficient (Wildman–Crippen LogP) is 2.93. The first-order valence-electron chi connectivity index (χ1n) is 6.42. The van der Waals surface area contributed by atoms with E-state index in [1.165, 1.54) is 18.4 Å². The van der Waals surface area contributed by atoms with E-state index >= 15 is 0 Å². The summed E-state index contributed by atoms with van der Waals surface area (Å²) >= 11 is 0. The van der Waals surface area contributed by atoms with Crippen molar-refractivity contribution in [2.24, 2.45) is 5.41 Å². The lowest BCUT2D eigenvalue weighted by molar-refractivity contribution is 0.362. The largest absolute Gasteiger partial charge is 0.495 e. The van der Waals surface area contributed by atoms with Crippen LogP contribution < -0.4 is 10.1 Å². The standard InChI is InChI=1S/C14H22N2O/c1-4-7-16-13(14(2)5-6-14)11-8-12(17-3)10-15-9-11/h8-10,13,16H,4-7H2,1-3H3. The highest BCUT2D eigenvalue weighted by molar-refractivity contribution is 5.28. The fourth-order valence-corrected chi connectivity index (χ4v) is 2.25. The van der Waals surface area contributed by atoms with Crippen molar-refractivity contribution in [2.75, 3.05) is 13.7 Å². The quantitative estimate of drug-likeness (QED) is 0.821. The van der Waals surface area contributed by atoms with Crippen LogP contribution in [0, 0.1) is 5.41 Å². The molecule has 0 radical (unpaired) electrons. The van der Waals surface area contributed by atoms with Gasteiger partial charge in [0.05, 0.1) is 13.3 Å². The Balaban J connectivity index is 2.18. The third kappa shape index (κ3) is 2.78. The van der Waals surface area contributed by atoms with Gasteiger partial charge in [0.25, 0.3) is 0 Å². The second kappa shape index (κ2) is 5.05. The highest BCUT2D eigenvalue weighted by Crippen LogP contribution is 2.54. The predicted molar refractivity (Wildman–Crippen MR) is 69.2 cm³/mol. The maximum absolute atomic E-state index is 5.25. The summed E-state index contributed by atoms with van der Waals surface area (Å²) in [6.07, 6.45) is 7.47. The topological polar surface area (TPSA) is 34.2 Å². The summed E-state index contributed by atoms with van der Waals surface area (Å²) in [6, 6.07) is 2.51. The molecule has 94 valence electrons. The number of hydrogen-bond donors (Lipinski definition) is 1. The number of aromatic nitrogens is 1. The number of rotatable bonds is 6. The van der Waals surface area contributed by atoms with Crippen LogP contribution in [0.3, 0.4) is 0 Å². The van der Waals surface area contributed by atoms with E-state index in [0.717, 1.165) is 18.7 Å². The lowest BCUT2D eigenvalue weighted by atomic mass is 9.92. The third-order valence-electron chi connectivity index (χ3n) is 3.64. The molecular formula is C14H22N2O. The van der Waals surface area contributed by atoms with E-state index in [2.05, 4.69) is 30.2 Å². The van der Waals surface area contributed by atoms with E-state index in [9.17, 15) is 0 Å². The Bertz CT molecular complexity index is 374. The summed E-state index contributed by atoms with van der Waals surface area (Å²) in [7, 11) is 1.69. The first kappa shape index (κ1) is 12.4. The summed E-state index contributed by atoms with van der Waals surface area (Å²) in [5.74, 6) is 0.843. The Labute approximate surface area is 104 Å². The fraction of sp³-hybridized carbons (Fsp3) is 0.643. The number of nitrogens with one attached hydrogen (secondary N) is 1. The minimum absolute atomic E-state index is 0.406. The molecular weight excluding hydrogens is 212 g/mol. The van der Waals surface area contributed by atoms with Crippen LogP contribution in [0.25, 0.3) is 0 Å². The molecule has 1 N–H and O–H groups in total. The van der Waals surface area contributed by atoms with Gasteiger partial charge in [-0.05, 0) is 42.9 Å². The van der Waals surface area contributed by atoms with Gasteiger partial charge in [0.15, 0.2) is 0 Å². The zero-order chi connectivity index (χ0) is 12.3. The van der Waals surface area contributed by atoms with Crippen molar-refractivity contribution < 1.29 is 4.74 Å². The van der Waals surface area contributed by atoms with E-state index in [0.29, 0.717) is 11.5 Å². The Hall–Kier alpha value is -1.09. The van der Waals surface area contributed by atoms with Crippen molar-refractivity contribution in [1.82, 2.24) is 10.3 Å². The molecule has 1 heterocycles. The van der Waals surface area contributed by atoms with Gasteiger partial charge in [-0.25, -0.2) is 0 Å². The highest BCUT2D eigenvalue weighted by Gasteiger charge is 2.45. The summed E-state index contributed by atoms with van der Waals surface area (Å²) in [6.45, 7) is 5.60. The van der Waals surface area contributed by atoms with E-state index in [1.807, 2.05) is 6.20 Å². The van der Waals surface area contributed by atoms with Crippen LogP contribution in [0.2, 0.25) is 0 Å². The molecule has 2 rings (SSSR count). The smallest absolute Gasteiger partial charge is 0.137 e. The molecule has 3 nitrogen and oxygen atoms in total. The molecule has 0 amide bonds. The van der Waals surface area contributed by atoms with Gasteiger partial charge in [-0.15, -0.1) is 0 Å². The summed E-state index contributed by atoms with van der Waals surface area (Å²) in [5, 5.41) is 3.64. The van der Waals surface area contributed by atoms with Crippen LogP contribution in [0.15, 0.2) is 18.5 Å². The average molecular weight is 234 g/mol. The Morgan fingerprint density at radius 1 is 1.47 bits per heavy atom. The van der Waals surface area contributed by atoms with Gasteiger partial charge < -0.3 is 10.1 Å². The third-order valence-corrected chi connectivity index (χ3v) is 3.64. The van der Waals surface area contributed by atoms with Crippen molar-refractivity contribution in [3.8, 4) is 5.75 Å². The van der Waals surface area contributed by atoms with Crippen molar-refractivity contribution in [2.45, 2.75) is 39.2 Å². The molecule has 3 heteroatoms. The molecule has 1 aliphatic carbocycles. The molecule has 0 saturated heterocycles. The number of nitrogens with zero attached hydrogens (tertiary/aromatic N) is 1. The van der Waals surface area contributed by atoms with Crippen molar-refractivity contribution in [3.05, 3.63) is 24.0 Å². The average Bonchev–Trinajstić information content (AvgIpc) is 3.09. The molecule has 1 aromatic heterocycles. The van der Waals surface area contributed by atoms with Gasteiger partial charge in [-0.2, -0.15) is 0 Å². The van der Waals surface area contributed by atoms with Crippen molar-refractivity contribution in [3.63, 3.8) is 0 Å². The van der Waals surface area contributed by atoms with E-state index in [-0.39, 0.29) is 0 Å². The lowest BCUT2D eigenvalue weighted by Crippen LogP contribution is -2.28. The first-order valence-corrected chi connectivity index (χ1v) is 6.42. The molecule has 1 aliphatic rings. The second-order valence-corrected chi connectivity index (χ2v) is 5.20. The van der Waals surface area contributed by atoms with Gasteiger partial charge in [-0.1, -0.05) is 13.8 Å². The molecule has 1 fully saturated rings. The van der Waals surface area contributed by atoms with Crippen LogP contribution in [0.5, 0.6) is 5.75 Å². The monoisotopic (exact) mass is 234 g/mol. The molecule has 1 saturated carbocycles. The molecule has 1 atom stereocenters. The van der Waals surface area contributed by atoms with Crippen molar-refractivity contribution in [1.29, 1.82) is 0 Å². The highest BCUT2D eigenvalue weighted by atomic mass is 16.5. The van der Waals surface area contributed by atoms with E-state index in [1.54, 1.807) is 13.3 Å². The van der Waals surface area contributed by atoms with Crippen molar-refractivity contribution >= 4 is 0 Å². The summed E-state index contributed by atoms with van der Waals surface area (Å²) < 4.78 is 5.25. The molecule has 0 aliphatic heterocycles. The van der Waals surface area contributed by atoms with Gasteiger partial charge >= 0.3 is 0 Å². The van der Waals surface area contributed by atoms with Gasteiger partial charge in [0, 0.05) is 12.2 Å². The SMILES string of the molecule is CCCNC(c1cncc(OC)c1)C1(C)CC1. The Morgan fingerprint density at radius 3 is 2.82 bits per heavy atom. The zero-order valence-corrected chi connectivity index (χ0v) is 11.0. The van der Waals surface area contributed by atoms with Crippen LogP contribution in [-0.2, 0) is 0 Å². The maximum Gasteiger partial charge on any atom is 0.137 e. The minimum Gasteiger partial charge on any atom is -0.495 e. The minimum atomic E-state index is 0.406. The molecule has 0 aromatic carbocycles. The van der Waals surface area contributed by atoms with E-state index < -0.39 is 0 Å². The first-order chi connectivity index (χ1) is 8.19. The lowest BCUT2D eigenvalue weighted by Gasteiger charge is -2.25. The van der Waals surface area contributed by atoms with Gasteiger partial charge in [0.1, 0.15) is 5.75 Å².